The van der Waals surface area contributed by atoms with Gasteiger partial charge in [0.15, 0.2) is 0 Å². The minimum absolute atomic E-state index is 0.0602. The highest BCUT2D eigenvalue weighted by atomic mass is 16.4. The average Bonchev–Trinajstić information content (AvgIpc) is 2.57. The summed E-state index contributed by atoms with van der Waals surface area (Å²) in [4.78, 5) is 26.4. The topological polar surface area (TPSA) is 60.9 Å². The normalized spacial score (nSPS) is 24.2. The molecule has 1 rings (SSSR count). The first-order chi connectivity index (χ1) is 7.84. The number of carboxylic acid groups (broad SMARTS) is 1. The third kappa shape index (κ3) is 3.11. The number of aliphatic carboxylic acids is 1. The Morgan fingerprint density at radius 2 is 2.06 bits per heavy atom. The lowest BCUT2D eigenvalue weighted by molar-refractivity contribution is -0.142. The molecular weight excluding hydrogens is 220 g/mol. The summed E-state index contributed by atoms with van der Waals surface area (Å²) in [6, 6.07) is -0.274. The van der Waals surface area contributed by atoms with Crippen molar-refractivity contribution >= 4 is 12.0 Å². The number of carboxylic acids is 1. The summed E-state index contributed by atoms with van der Waals surface area (Å²) in [6.07, 6.45) is 0.553. The lowest BCUT2D eigenvalue weighted by Gasteiger charge is -2.29. The summed E-state index contributed by atoms with van der Waals surface area (Å²) >= 11 is 0. The molecule has 5 nitrogen and oxygen atoms in total. The van der Waals surface area contributed by atoms with Crippen LogP contribution in [0.4, 0.5) is 4.79 Å². The van der Waals surface area contributed by atoms with Gasteiger partial charge in [0.1, 0.15) is 0 Å². The van der Waals surface area contributed by atoms with Gasteiger partial charge in [0.2, 0.25) is 0 Å². The molecule has 2 atom stereocenters. The Hall–Kier alpha value is -1.26. The van der Waals surface area contributed by atoms with Gasteiger partial charge in [-0.25, -0.2) is 4.79 Å². The zero-order valence-corrected chi connectivity index (χ0v) is 11.0. The summed E-state index contributed by atoms with van der Waals surface area (Å²) in [5.41, 5.74) is 0. The second-order valence-electron chi connectivity index (χ2n) is 5.22. The maximum absolute atomic E-state index is 12.1. The van der Waals surface area contributed by atoms with Crippen LogP contribution in [-0.4, -0.2) is 53.1 Å². The minimum Gasteiger partial charge on any atom is -0.481 e. The molecule has 5 heteroatoms. The minimum atomic E-state index is -0.806. The lowest BCUT2D eigenvalue weighted by atomic mass is 10.0. The largest absolute Gasteiger partial charge is 0.481 e. The summed E-state index contributed by atoms with van der Waals surface area (Å²) < 4.78 is 0. The zero-order valence-electron chi connectivity index (χ0n) is 11.0. The van der Waals surface area contributed by atoms with Gasteiger partial charge in [-0.2, -0.15) is 0 Å². The van der Waals surface area contributed by atoms with E-state index in [1.54, 1.807) is 16.8 Å². The van der Waals surface area contributed by atoms with Crippen molar-refractivity contribution in [3.8, 4) is 0 Å². The molecule has 98 valence electrons. The second-order valence-corrected chi connectivity index (χ2v) is 5.22. The van der Waals surface area contributed by atoms with Crippen LogP contribution >= 0.6 is 0 Å². The van der Waals surface area contributed by atoms with Crippen LogP contribution in [0.3, 0.4) is 0 Å². The van der Waals surface area contributed by atoms with Crippen molar-refractivity contribution in [1.29, 1.82) is 0 Å². The van der Waals surface area contributed by atoms with E-state index < -0.39 is 11.9 Å². The lowest BCUT2D eigenvalue weighted by Crippen LogP contribution is -2.45. The van der Waals surface area contributed by atoms with E-state index in [2.05, 4.69) is 13.8 Å². The highest BCUT2D eigenvalue weighted by Crippen LogP contribution is 2.25. The molecule has 0 radical (unpaired) electrons. The van der Waals surface area contributed by atoms with Crippen LogP contribution in [0.5, 0.6) is 0 Å². The molecule has 1 aliphatic heterocycles. The van der Waals surface area contributed by atoms with Gasteiger partial charge in [0.05, 0.1) is 5.92 Å². The highest BCUT2D eigenvalue weighted by molar-refractivity contribution is 5.78. The number of carbonyl (C=O) groups is 2. The highest BCUT2D eigenvalue weighted by Gasteiger charge is 2.39. The van der Waals surface area contributed by atoms with Gasteiger partial charge < -0.3 is 14.9 Å². The zero-order chi connectivity index (χ0) is 13.2. The molecule has 1 aliphatic rings. The van der Waals surface area contributed by atoms with E-state index in [1.165, 1.54) is 0 Å². The summed E-state index contributed by atoms with van der Waals surface area (Å²) in [5, 5.41) is 9.02. The second kappa shape index (κ2) is 5.38. The van der Waals surface area contributed by atoms with Crippen molar-refractivity contribution in [1.82, 2.24) is 9.80 Å². The maximum atomic E-state index is 12.1. The van der Waals surface area contributed by atoms with Crippen molar-refractivity contribution in [2.24, 2.45) is 11.8 Å². The molecule has 0 aromatic heterocycles. The fourth-order valence-corrected chi connectivity index (χ4v) is 2.38. The van der Waals surface area contributed by atoms with Crippen LogP contribution in [0.2, 0.25) is 0 Å². The Morgan fingerprint density at radius 3 is 2.47 bits per heavy atom. The summed E-state index contributed by atoms with van der Waals surface area (Å²) in [6.45, 7) is 7.15. The maximum Gasteiger partial charge on any atom is 0.320 e. The molecule has 1 fully saturated rings. The molecule has 0 aliphatic carbocycles. The smallest absolute Gasteiger partial charge is 0.320 e. The molecule has 0 aromatic carbocycles. The Morgan fingerprint density at radius 1 is 1.47 bits per heavy atom. The van der Waals surface area contributed by atoms with Crippen molar-refractivity contribution in [2.45, 2.75) is 33.2 Å². The van der Waals surface area contributed by atoms with E-state index >= 15 is 0 Å². The third-order valence-corrected chi connectivity index (χ3v) is 3.28. The van der Waals surface area contributed by atoms with Gasteiger partial charge >= 0.3 is 12.0 Å². The van der Waals surface area contributed by atoms with Gasteiger partial charge in [-0.05, 0) is 19.3 Å². The van der Waals surface area contributed by atoms with Crippen molar-refractivity contribution in [3.05, 3.63) is 0 Å². The molecular formula is C12H22N2O3. The molecule has 1 saturated heterocycles. The van der Waals surface area contributed by atoms with Gasteiger partial charge in [-0.1, -0.05) is 13.8 Å². The Bertz CT molecular complexity index is 304. The van der Waals surface area contributed by atoms with Crippen LogP contribution in [0.1, 0.15) is 27.2 Å². The predicted molar refractivity (Wildman–Crippen MR) is 64.8 cm³/mol. The predicted octanol–water partition coefficient (Wildman–Crippen LogP) is 1.49. The van der Waals surface area contributed by atoms with E-state index in [4.69, 9.17) is 5.11 Å². The molecule has 0 aromatic rings. The van der Waals surface area contributed by atoms with Crippen LogP contribution in [-0.2, 0) is 4.79 Å². The molecule has 2 amide bonds. The number of likely N-dealkylation sites (tertiary alicyclic amines) is 1. The fraction of sp³-hybridized carbons (Fsp3) is 0.833. The number of urea groups is 1. The third-order valence-electron chi connectivity index (χ3n) is 3.28. The Labute approximate surface area is 102 Å². The standard InChI is InChI=1S/C12H22N2O3/c1-8(2)7-13(4)12(17)14-6-5-10(9(14)3)11(15)16/h8-10H,5-7H2,1-4H3,(H,15,16). The molecule has 1 heterocycles. The summed E-state index contributed by atoms with van der Waals surface area (Å²) in [7, 11) is 1.77. The van der Waals surface area contributed by atoms with Gasteiger partial charge in [0.25, 0.3) is 0 Å². The first-order valence-corrected chi connectivity index (χ1v) is 6.09. The van der Waals surface area contributed by atoms with Crippen molar-refractivity contribution in [3.63, 3.8) is 0 Å². The van der Waals surface area contributed by atoms with E-state index in [9.17, 15) is 9.59 Å². The van der Waals surface area contributed by atoms with Crippen LogP contribution in [0, 0.1) is 11.8 Å². The first-order valence-electron chi connectivity index (χ1n) is 6.09. The number of nitrogens with zero attached hydrogens (tertiary/aromatic N) is 2. The van der Waals surface area contributed by atoms with E-state index in [1.807, 2.05) is 6.92 Å². The number of rotatable bonds is 3. The number of hydrogen-bond donors (Lipinski definition) is 1. The first kappa shape index (κ1) is 13.8. The Kier molecular flexibility index (Phi) is 4.37. The van der Waals surface area contributed by atoms with Crippen LogP contribution in [0.25, 0.3) is 0 Å². The van der Waals surface area contributed by atoms with Gasteiger partial charge in [-0.3, -0.25) is 4.79 Å². The van der Waals surface area contributed by atoms with Gasteiger partial charge in [-0.15, -0.1) is 0 Å². The number of hydrogen-bond acceptors (Lipinski definition) is 2. The van der Waals surface area contributed by atoms with E-state index in [0.717, 1.165) is 0 Å². The van der Waals surface area contributed by atoms with Crippen LogP contribution in [0.15, 0.2) is 0 Å². The SMILES string of the molecule is CC(C)CN(C)C(=O)N1CCC(C(=O)O)C1C. The van der Waals surface area contributed by atoms with E-state index in [-0.39, 0.29) is 12.1 Å². The molecule has 17 heavy (non-hydrogen) atoms. The van der Waals surface area contributed by atoms with Crippen LogP contribution < -0.4 is 0 Å². The fourth-order valence-electron chi connectivity index (χ4n) is 2.38. The quantitative estimate of drug-likeness (QED) is 0.815. The van der Waals surface area contributed by atoms with Crippen molar-refractivity contribution < 1.29 is 14.7 Å². The van der Waals surface area contributed by atoms with E-state index in [0.29, 0.717) is 25.4 Å². The summed E-state index contributed by atoms with van der Waals surface area (Å²) in [5.74, 6) is -0.817. The monoisotopic (exact) mass is 242 g/mol. The average molecular weight is 242 g/mol. The number of carbonyl (C=O) groups excluding carboxylic acids is 1. The molecule has 0 bridgehead atoms. The molecule has 1 N–H and O–H groups in total. The Balaban J connectivity index is 2.62. The molecule has 2 unspecified atom stereocenters. The number of amides is 2. The molecule has 0 saturated carbocycles. The van der Waals surface area contributed by atoms with Gasteiger partial charge in [0, 0.05) is 26.2 Å². The van der Waals surface area contributed by atoms with Crippen molar-refractivity contribution in [2.75, 3.05) is 20.1 Å². The molecule has 0 spiro atoms.